The molecule has 0 saturated carbocycles. The van der Waals surface area contributed by atoms with Crippen LogP contribution in [0.25, 0.3) is 0 Å². The van der Waals surface area contributed by atoms with E-state index in [0.717, 1.165) is 11.1 Å². The van der Waals surface area contributed by atoms with Crippen molar-refractivity contribution in [2.24, 2.45) is 0 Å². The number of fused-ring (bicyclic) bond motifs is 2. The van der Waals surface area contributed by atoms with E-state index >= 15 is 0 Å². The van der Waals surface area contributed by atoms with Crippen LogP contribution in [0.15, 0.2) is 48.5 Å². The standard InChI is InChI=1S/C15H10O3/c16-9-12(17)15-10-5-1-3-7-13(10)18-14-8-4-2-6-11(14)15/h1-9,15H. The molecule has 3 heteroatoms. The van der Waals surface area contributed by atoms with Gasteiger partial charge >= 0.3 is 0 Å². The van der Waals surface area contributed by atoms with E-state index in [2.05, 4.69) is 0 Å². The number of rotatable bonds is 2. The highest BCUT2D eigenvalue weighted by atomic mass is 16.5. The molecular weight excluding hydrogens is 228 g/mol. The molecule has 3 nitrogen and oxygen atoms in total. The Morgan fingerprint density at radius 2 is 1.44 bits per heavy atom. The third kappa shape index (κ3) is 1.52. The molecule has 0 unspecified atom stereocenters. The summed E-state index contributed by atoms with van der Waals surface area (Å²) in [7, 11) is 0. The molecule has 0 amide bonds. The molecule has 0 spiro atoms. The van der Waals surface area contributed by atoms with E-state index in [9.17, 15) is 9.59 Å². The van der Waals surface area contributed by atoms with Gasteiger partial charge in [-0.1, -0.05) is 36.4 Å². The zero-order valence-electron chi connectivity index (χ0n) is 9.50. The lowest BCUT2D eigenvalue weighted by atomic mass is 9.85. The van der Waals surface area contributed by atoms with Crippen molar-refractivity contribution in [1.29, 1.82) is 0 Å². The summed E-state index contributed by atoms with van der Waals surface area (Å²) in [5.74, 6) is 0.273. The van der Waals surface area contributed by atoms with Gasteiger partial charge in [0.25, 0.3) is 0 Å². The van der Waals surface area contributed by atoms with E-state index in [1.807, 2.05) is 36.4 Å². The van der Waals surface area contributed by atoms with Gasteiger partial charge in [-0.25, -0.2) is 0 Å². The van der Waals surface area contributed by atoms with Crippen LogP contribution in [0.1, 0.15) is 17.0 Å². The Hall–Kier alpha value is -2.42. The number of aldehydes is 1. The highest BCUT2D eigenvalue weighted by Crippen LogP contribution is 2.43. The highest BCUT2D eigenvalue weighted by molar-refractivity contribution is 6.29. The van der Waals surface area contributed by atoms with E-state index in [1.165, 1.54) is 0 Å². The second kappa shape index (κ2) is 4.11. The van der Waals surface area contributed by atoms with Crippen LogP contribution >= 0.6 is 0 Å². The lowest BCUT2D eigenvalue weighted by molar-refractivity contribution is -0.130. The summed E-state index contributed by atoms with van der Waals surface area (Å²) in [6.07, 6.45) is 0.379. The van der Waals surface area contributed by atoms with Crippen LogP contribution in [-0.4, -0.2) is 12.1 Å². The molecule has 0 aromatic heterocycles. The largest absolute Gasteiger partial charge is 0.457 e. The van der Waals surface area contributed by atoms with Gasteiger partial charge in [0.2, 0.25) is 5.78 Å². The molecule has 0 N–H and O–H groups in total. The Labute approximate surface area is 104 Å². The number of hydrogen-bond donors (Lipinski definition) is 0. The molecular formula is C15H10O3. The minimum Gasteiger partial charge on any atom is -0.457 e. The maximum Gasteiger partial charge on any atom is 0.207 e. The monoisotopic (exact) mass is 238 g/mol. The van der Waals surface area contributed by atoms with Gasteiger partial charge in [0.05, 0.1) is 5.92 Å². The normalized spacial score (nSPS) is 13.1. The number of Topliss-reactive ketones (excluding diaryl/α,β-unsaturated/α-hetero) is 1. The number of ether oxygens (including phenoxy) is 1. The Morgan fingerprint density at radius 1 is 0.944 bits per heavy atom. The first-order valence-electron chi connectivity index (χ1n) is 5.66. The third-order valence-corrected chi connectivity index (χ3v) is 3.08. The summed E-state index contributed by atoms with van der Waals surface area (Å²) in [6.45, 7) is 0. The Morgan fingerprint density at radius 3 is 1.94 bits per heavy atom. The molecule has 1 aliphatic rings. The zero-order chi connectivity index (χ0) is 12.5. The Kier molecular flexibility index (Phi) is 2.45. The first-order chi connectivity index (χ1) is 8.81. The van der Waals surface area contributed by atoms with E-state index < -0.39 is 11.7 Å². The maximum absolute atomic E-state index is 11.9. The molecule has 0 bridgehead atoms. The van der Waals surface area contributed by atoms with Gasteiger partial charge in [0.1, 0.15) is 11.5 Å². The molecule has 1 aliphatic heterocycles. The van der Waals surface area contributed by atoms with Crippen molar-refractivity contribution in [1.82, 2.24) is 0 Å². The van der Waals surface area contributed by atoms with Gasteiger partial charge in [-0.05, 0) is 12.1 Å². The number of carbonyl (C=O) groups is 2. The van der Waals surface area contributed by atoms with E-state index in [1.54, 1.807) is 12.1 Å². The van der Waals surface area contributed by atoms with Crippen molar-refractivity contribution < 1.29 is 14.3 Å². The highest BCUT2D eigenvalue weighted by Gasteiger charge is 2.31. The first-order valence-corrected chi connectivity index (χ1v) is 5.66. The molecule has 0 aliphatic carbocycles. The zero-order valence-corrected chi connectivity index (χ0v) is 9.50. The summed E-state index contributed by atoms with van der Waals surface area (Å²) in [6, 6.07) is 14.6. The minimum atomic E-state index is -0.552. The fourth-order valence-corrected chi connectivity index (χ4v) is 2.28. The van der Waals surface area contributed by atoms with Crippen molar-refractivity contribution in [3.05, 3.63) is 59.7 Å². The number of hydrogen-bond acceptors (Lipinski definition) is 3. The molecule has 0 fully saturated rings. The number of ketones is 1. The minimum absolute atomic E-state index is 0.379. The topological polar surface area (TPSA) is 43.4 Å². The van der Waals surface area contributed by atoms with Crippen LogP contribution in [0, 0.1) is 0 Å². The van der Waals surface area contributed by atoms with Crippen LogP contribution in [0.2, 0.25) is 0 Å². The Bertz CT molecular complexity index is 586. The Balaban J connectivity index is 2.23. The molecule has 88 valence electrons. The van der Waals surface area contributed by atoms with Gasteiger partial charge in [-0.3, -0.25) is 9.59 Å². The van der Waals surface area contributed by atoms with Crippen LogP contribution < -0.4 is 4.74 Å². The van der Waals surface area contributed by atoms with Gasteiger partial charge < -0.3 is 4.74 Å². The summed E-state index contributed by atoms with van der Waals surface area (Å²) in [4.78, 5) is 22.7. The molecule has 0 saturated heterocycles. The molecule has 1 heterocycles. The van der Waals surface area contributed by atoms with Crippen molar-refractivity contribution in [2.75, 3.05) is 0 Å². The maximum atomic E-state index is 11.9. The second-order valence-electron chi connectivity index (χ2n) is 4.13. The van der Waals surface area contributed by atoms with Gasteiger partial charge in [-0.2, -0.15) is 0 Å². The van der Waals surface area contributed by atoms with E-state index in [0.29, 0.717) is 17.8 Å². The summed E-state index contributed by atoms with van der Waals surface area (Å²) >= 11 is 0. The number of carbonyl (C=O) groups excluding carboxylic acids is 2. The predicted molar refractivity (Wildman–Crippen MR) is 65.9 cm³/mol. The fraction of sp³-hybridized carbons (Fsp3) is 0.0667. The summed E-state index contributed by atoms with van der Waals surface area (Å²) < 4.78 is 5.73. The average Bonchev–Trinajstić information content (AvgIpc) is 2.44. The molecule has 0 radical (unpaired) electrons. The predicted octanol–water partition coefficient (Wildman–Crippen LogP) is 2.69. The second-order valence-corrected chi connectivity index (χ2v) is 4.13. The van der Waals surface area contributed by atoms with Crippen molar-refractivity contribution >= 4 is 12.1 Å². The van der Waals surface area contributed by atoms with Crippen molar-refractivity contribution in [3.63, 3.8) is 0 Å². The fourth-order valence-electron chi connectivity index (χ4n) is 2.28. The van der Waals surface area contributed by atoms with Gasteiger partial charge in [0, 0.05) is 11.1 Å². The van der Waals surface area contributed by atoms with Crippen LogP contribution in [0.3, 0.4) is 0 Å². The van der Waals surface area contributed by atoms with Crippen LogP contribution in [0.4, 0.5) is 0 Å². The molecule has 2 aromatic carbocycles. The van der Waals surface area contributed by atoms with Gasteiger partial charge in [0.15, 0.2) is 6.29 Å². The molecule has 18 heavy (non-hydrogen) atoms. The van der Waals surface area contributed by atoms with E-state index in [4.69, 9.17) is 4.74 Å². The smallest absolute Gasteiger partial charge is 0.207 e. The van der Waals surface area contributed by atoms with E-state index in [-0.39, 0.29) is 0 Å². The van der Waals surface area contributed by atoms with Crippen LogP contribution in [0.5, 0.6) is 11.5 Å². The van der Waals surface area contributed by atoms with Crippen molar-refractivity contribution in [2.45, 2.75) is 5.92 Å². The summed E-state index contributed by atoms with van der Waals surface area (Å²) in [5, 5.41) is 0. The molecule has 3 rings (SSSR count). The summed E-state index contributed by atoms with van der Waals surface area (Å²) in [5.41, 5.74) is 1.49. The van der Waals surface area contributed by atoms with Crippen molar-refractivity contribution in [3.8, 4) is 11.5 Å². The SMILES string of the molecule is O=CC(=O)C1c2ccccc2Oc2ccccc21. The van der Waals surface area contributed by atoms with Crippen LogP contribution in [-0.2, 0) is 9.59 Å². The third-order valence-electron chi connectivity index (χ3n) is 3.08. The first kappa shape index (κ1) is 10.7. The lowest BCUT2D eigenvalue weighted by Gasteiger charge is -2.25. The quantitative estimate of drug-likeness (QED) is 0.596. The number of para-hydroxylation sites is 2. The van der Waals surface area contributed by atoms with Gasteiger partial charge in [-0.15, -0.1) is 0 Å². The number of benzene rings is 2. The average molecular weight is 238 g/mol. The molecule has 2 aromatic rings. The molecule has 0 atom stereocenters. The lowest BCUT2D eigenvalue weighted by Crippen LogP contribution is -2.19.